The highest BCUT2D eigenvalue weighted by Gasteiger charge is 2.36. The largest absolute Gasteiger partial charge is 0.508 e. The number of hydrogen-bond donors (Lipinski definition) is 2. The monoisotopic (exact) mass is 352 g/mol. The van der Waals surface area contributed by atoms with Gasteiger partial charge in [0.25, 0.3) is 11.8 Å². The molecule has 2 N–H and O–H groups in total. The second-order valence-electron chi connectivity index (χ2n) is 5.45. The molecule has 1 saturated heterocycles. The fourth-order valence-electron chi connectivity index (χ4n) is 2.54. The van der Waals surface area contributed by atoms with Crippen LogP contribution in [-0.4, -0.2) is 29.6 Å². The van der Waals surface area contributed by atoms with Crippen molar-refractivity contribution in [3.8, 4) is 11.5 Å². The third-order valence-electron chi connectivity index (χ3n) is 3.73. The predicted molar refractivity (Wildman–Crippen MR) is 94.7 cm³/mol. The van der Waals surface area contributed by atoms with Crippen molar-refractivity contribution in [3.63, 3.8) is 0 Å². The van der Waals surface area contributed by atoms with Crippen molar-refractivity contribution in [2.24, 2.45) is 0 Å². The lowest BCUT2D eigenvalue weighted by Gasteiger charge is -2.26. The van der Waals surface area contributed by atoms with E-state index in [1.165, 1.54) is 30.3 Å². The van der Waals surface area contributed by atoms with Crippen molar-refractivity contribution in [2.75, 3.05) is 11.5 Å². The van der Waals surface area contributed by atoms with Gasteiger partial charge in [0.1, 0.15) is 17.1 Å². The number of imide groups is 2. The van der Waals surface area contributed by atoms with Gasteiger partial charge in [-0.3, -0.25) is 14.9 Å². The zero-order valence-electron chi connectivity index (χ0n) is 13.9. The lowest BCUT2D eigenvalue weighted by atomic mass is 10.1. The van der Waals surface area contributed by atoms with E-state index in [1.54, 1.807) is 24.3 Å². The number of rotatable bonds is 4. The summed E-state index contributed by atoms with van der Waals surface area (Å²) in [7, 11) is 0. The van der Waals surface area contributed by atoms with Gasteiger partial charge in [-0.2, -0.15) is 0 Å². The van der Waals surface area contributed by atoms with Gasteiger partial charge in [-0.25, -0.2) is 9.69 Å². The molecule has 2 aromatic rings. The summed E-state index contributed by atoms with van der Waals surface area (Å²) in [6.07, 6.45) is 1.39. The molecule has 0 unspecified atom stereocenters. The summed E-state index contributed by atoms with van der Waals surface area (Å²) in [4.78, 5) is 37.9. The smallest absolute Gasteiger partial charge is 0.335 e. The number of phenols is 1. The Bertz CT molecular complexity index is 902. The van der Waals surface area contributed by atoms with Crippen LogP contribution in [0.1, 0.15) is 12.5 Å². The van der Waals surface area contributed by atoms with Crippen molar-refractivity contribution >= 4 is 29.6 Å². The highest BCUT2D eigenvalue weighted by molar-refractivity contribution is 6.39. The number of para-hydroxylation sites is 1. The number of hydrogen-bond acceptors (Lipinski definition) is 5. The van der Waals surface area contributed by atoms with E-state index >= 15 is 0 Å². The summed E-state index contributed by atoms with van der Waals surface area (Å²) >= 11 is 0. The van der Waals surface area contributed by atoms with E-state index in [0.29, 0.717) is 17.9 Å². The maximum Gasteiger partial charge on any atom is 0.335 e. The zero-order chi connectivity index (χ0) is 18.7. The highest BCUT2D eigenvalue weighted by atomic mass is 16.5. The van der Waals surface area contributed by atoms with Gasteiger partial charge in [-0.15, -0.1) is 0 Å². The lowest BCUT2D eigenvalue weighted by molar-refractivity contribution is -0.122. The van der Waals surface area contributed by atoms with E-state index in [2.05, 4.69) is 5.32 Å². The molecule has 0 aromatic heterocycles. The van der Waals surface area contributed by atoms with E-state index in [1.807, 2.05) is 6.92 Å². The molecule has 0 spiro atoms. The second-order valence-corrected chi connectivity index (χ2v) is 5.45. The van der Waals surface area contributed by atoms with E-state index in [-0.39, 0.29) is 17.0 Å². The van der Waals surface area contributed by atoms with E-state index in [4.69, 9.17) is 4.74 Å². The molecule has 132 valence electrons. The normalized spacial score (nSPS) is 16.0. The van der Waals surface area contributed by atoms with E-state index < -0.39 is 17.8 Å². The fourth-order valence-corrected chi connectivity index (χ4v) is 2.54. The number of phenolic OH excluding ortho intramolecular Hbond substituents is 1. The number of ether oxygens (including phenoxy) is 1. The molecule has 3 rings (SSSR count). The number of amides is 4. The van der Waals surface area contributed by atoms with Gasteiger partial charge in [0, 0.05) is 5.56 Å². The molecule has 1 fully saturated rings. The first-order chi connectivity index (χ1) is 12.5. The van der Waals surface area contributed by atoms with Crippen LogP contribution in [0.5, 0.6) is 11.5 Å². The number of barbiturate groups is 1. The predicted octanol–water partition coefficient (Wildman–Crippen LogP) is 2.46. The molecule has 4 amide bonds. The molecule has 1 aliphatic heterocycles. The van der Waals surface area contributed by atoms with E-state index in [0.717, 1.165) is 4.90 Å². The molecule has 1 heterocycles. The average Bonchev–Trinajstić information content (AvgIpc) is 2.61. The average molecular weight is 352 g/mol. The summed E-state index contributed by atoms with van der Waals surface area (Å²) in [5.74, 6) is -1.01. The first kappa shape index (κ1) is 17.2. The number of urea groups is 1. The van der Waals surface area contributed by atoms with Gasteiger partial charge >= 0.3 is 6.03 Å². The molecule has 7 heteroatoms. The Morgan fingerprint density at radius 3 is 2.46 bits per heavy atom. The van der Waals surface area contributed by atoms with E-state index in [9.17, 15) is 19.5 Å². The van der Waals surface area contributed by atoms with Gasteiger partial charge in [0.2, 0.25) is 0 Å². The van der Waals surface area contributed by atoms with Crippen LogP contribution in [-0.2, 0) is 9.59 Å². The summed E-state index contributed by atoms with van der Waals surface area (Å²) in [6, 6.07) is 11.6. The lowest BCUT2D eigenvalue weighted by Crippen LogP contribution is -2.54. The number of anilines is 1. The van der Waals surface area contributed by atoms with Gasteiger partial charge in [0.05, 0.1) is 12.3 Å². The SMILES string of the molecule is CCOc1ccccc1C=C1C(=O)NC(=O)N(c2ccc(O)cc2)C1=O. The Morgan fingerprint density at radius 1 is 1.08 bits per heavy atom. The third kappa shape index (κ3) is 3.27. The van der Waals surface area contributed by atoms with Crippen LogP contribution in [0, 0.1) is 0 Å². The molecule has 2 aromatic carbocycles. The molecule has 0 aliphatic carbocycles. The van der Waals surface area contributed by atoms with Crippen molar-refractivity contribution in [1.29, 1.82) is 0 Å². The van der Waals surface area contributed by atoms with Crippen molar-refractivity contribution in [1.82, 2.24) is 5.32 Å². The molecule has 0 radical (unpaired) electrons. The number of carbonyl (C=O) groups is 3. The van der Waals surface area contributed by atoms with Crippen molar-refractivity contribution < 1.29 is 24.2 Å². The summed E-state index contributed by atoms with van der Waals surface area (Å²) < 4.78 is 5.50. The van der Waals surface area contributed by atoms with Crippen LogP contribution in [0.15, 0.2) is 54.1 Å². The first-order valence-corrected chi connectivity index (χ1v) is 7.93. The molecule has 26 heavy (non-hydrogen) atoms. The van der Waals surface area contributed by atoms with Gasteiger partial charge in [-0.1, -0.05) is 18.2 Å². The van der Waals surface area contributed by atoms with Crippen LogP contribution in [0.4, 0.5) is 10.5 Å². The molecule has 0 saturated carbocycles. The Hall–Kier alpha value is -3.61. The topological polar surface area (TPSA) is 95.9 Å². The molecular weight excluding hydrogens is 336 g/mol. The summed E-state index contributed by atoms with van der Waals surface area (Å²) in [5, 5.41) is 11.5. The van der Waals surface area contributed by atoms with Crippen LogP contribution < -0.4 is 15.0 Å². The number of nitrogens with one attached hydrogen (secondary N) is 1. The fraction of sp³-hybridized carbons (Fsp3) is 0.105. The quantitative estimate of drug-likeness (QED) is 0.651. The van der Waals surface area contributed by atoms with Gasteiger partial charge in [0.15, 0.2) is 0 Å². The number of aromatic hydroxyl groups is 1. The molecular formula is C19H16N2O5. The van der Waals surface area contributed by atoms with Crippen LogP contribution in [0.25, 0.3) is 6.08 Å². The minimum atomic E-state index is -0.846. The number of carbonyl (C=O) groups excluding carboxylic acids is 3. The molecule has 1 aliphatic rings. The van der Waals surface area contributed by atoms with Gasteiger partial charge in [-0.05, 0) is 43.3 Å². The summed E-state index contributed by atoms with van der Waals surface area (Å²) in [5.41, 5.74) is 0.597. The second kappa shape index (κ2) is 7.10. The summed E-state index contributed by atoms with van der Waals surface area (Å²) in [6.45, 7) is 2.26. The van der Waals surface area contributed by atoms with Crippen molar-refractivity contribution in [3.05, 3.63) is 59.7 Å². The highest BCUT2D eigenvalue weighted by Crippen LogP contribution is 2.26. The number of benzene rings is 2. The molecule has 0 bridgehead atoms. The maximum absolute atomic E-state index is 12.8. The minimum Gasteiger partial charge on any atom is -0.508 e. The van der Waals surface area contributed by atoms with Crippen LogP contribution >= 0.6 is 0 Å². The molecule has 7 nitrogen and oxygen atoms in total. The van der Waals surface area contributed by atoms with Crippen molar-refractivity contribution in [2.45, 2.75) is 6.92 Å². The minimum absolute atomic E-state index is 0.00361. The third-order valence-corrected chi connectivity index (χ3v) is 3.73. The van der Waals surface area contributed by atoms with Crippen LogP contribution in [0.2, 0.25) is 0 Å². The zero-order valence-corrected chi connectivity index (χ0v) is 13.9. The van der Waals surface area contributed by atoms with Gasteiger partial charge < -0.3 is 9.84 Å². The van der Waals surface area contributed by atoms with Crippen LogP contribution in [0.3, 0.4) is 0 Å². The Kier molecular flexibility index (Phi) is 4.70. The Balaban J connectivity index is 2.02. The standard InChI is InChI=1S/C19H16N2O5/c1-2-26-16-6-4-3-5-12(16)11-15-17(23)20-19(25)21(18(15)24)13-7-9-14(22)10-8-13/h3-11,22H,2H2,1H3,(H,20,23,25). The Morgan fingerprint density at radius 2 is 1.77 bits per heavy atom. The Labute approximate surface area is 149 Å². The number of nitrogens with zero attached hydrogens (tertiary/aromatic N) is 1. The first-order valence-electron chi connectivity index (χ1n) is 7.93. The molecule has 0 atom stereocenters. The maximum atomic E-state index is 12.8.